The average Bonchev–Trinajstić information content (AvgIpc) is 3.19. The van der Waals surface area contributed by atoms with Gasteiger partial charge in [-0.05, 0) is 72.1 Å². The Morgan fingerprint density at radius 1 is 1.05 bits per heavy atom. The zero-order valence-corrected chi connectivity index (χ0v) is 25.2. The van der Waals surface area contributed by atoms with E-state index in [2.05, 4.69) is 34.1 Å². The third kappa shape index (κ3) is 9.55. The van der Waals surface area contributed by atoms with Crippen LogP contribution < -0.4 is 21.5 Å². The topological polar surface area (TPSA) is 156 Å². The Hall–Kier alpha value is -3.48. The maximum atomic E-state index is 12.7. The summed E-state index contributed by atoms with van der Waals surface area (Å²) in [5.74, 6) is -0.0655. The number of rotatable bonds is 16. The molecule has 12 nitrogen and oxygen atoms in total. The molecule has 0 aliphatic rings. The fourth-order valence-corrected chi connectivity index (χ4v) is 4.32. The smallest absolute Gasteiger partial charge is 0.328 e. The number of carbonyl (C=O) groups excluding carboxylic acids is 1. The quantitative estimate of drug-likeness (QED) is 0.219. The standard InChI is InChI=1S/C29H44N6O6/c1-19(2)41-29(5,6)13-15-40-28(3,4)12-14-31-25(36)21-10-8-20(9-11-21)18-35-24-22(32-27(35)37)23(30)33-26(34-24)39-17-16-38-7/h8-11,19H,12-18H2,1-7H3,(H,31,36)(H,32,37)(H2,30,33,34). The first-order valence-corrected chi connectivity index (χ1v) is 13.9. The van der Waals surface area contributed by atoms with Gasteiger partial charge in [0.15, 0.2) is 11.5 Å². The number of anilines is 1. The molecule has 12 heteroatoms. The van der Waals surface area contributed by atoms with E-state index in [4.69, 9.17) is 24.7 Å². The summed E-state index contributed by atoms with van der Waals surface area (Å²) in [5.41, 5.74) is 6.99. The summed E-state index contributed by atoms with van der Waals surface area (Å²) in [6, 6.07) is 7.12. The van der Waals surface area contributed by atoms with E-state index in [-0.39, 0.29) is 53.9 Å². The summed E-state index contributed by atoms with van der Waals surface area (Å²) in [5, 5.41) is 2.96. The Morgan fingerprint density at radius 2 is 1.76 bits per heavy atom. The van der Waals surface area contributed by atoms with Gasteiger partial charge in [0.05, 0.1) is 37.1 Å². The molecule has 1 aromatic carbocycles. The number of methoxy groups -OCH3 is 1. The third-order valence-corrected chi connectivity index (χ3v) is 6.47. The second-order valence-corrected chi connectivity index (χ2v) is 11.4. The van der Waals surface area contributed by atoms with Gasteiger partial charge in [-0.1, -0.05) is 12.1 Å². The van der Waals surface area contributed by atoms with Crippen LogP contribution in [0.3, 0.4) is 0 Å². The van der Waals surface area contributed by atoms with Gasteiger partial charge in [-0.15, -0.1) is 0 Å². The normalized spacial score (nSPS) is 12.3. The van der Waals surface area contributed by atoms with E-state index < -0.39 is 0 Å². The molecule has 3 aromatic rings. The van der Waals surface area contributed by atoms with Crippen LogP contribution in [0.15, 0.2) is 29.1 Å². The number of H-pyrrole nitrogens is 1. The lowest BCUT2D eigenvalue weighted by atomic mass is 10.0. The Balaban J connectivity index is 1.55. The third-order valence-electron chi connectivity index (χ3n) is 6.47. The molecule has 0 bridgehead atoms. The number of amides is 1. The summed E-state index contributed by atoms with van der Waals surface area (Å²) in [6.45, 7) is 14.1. The number of aromatic amines is 1. The number of aromatic nitrogens is 4. The molecule has 0 aliphatic carbocycles. The first-order chi connectivity index (χ1) is 19.3. The summed E-state index contributed by atoms with van der Waals surface area (Å²) in [6.07, 6.45) is 1.60. The number of nitrogens with one attached hydrogen (secondary N) is 2. The van der Waals surface area contributed by atoms with Crippen molar-refractivity contribution in [3.05, 3.63) is 45.9 Å². The van der Waals surface area contributed by atoms with E-state index in [0.29, 0.717) is 42.9 Å². The molecule has 0 aliphatic heterocycles. The number of benzene rings is 1. The number of fused-ring (bicyclic) bond motifs is 1. The SMILES string of the molecule is COCCOc1nc(N)c2[nH]c(=O)n(Cc3ccc(C(=O)NCCC(C)(C)OCCC(C)(C)OC(C)C)cc3)c2n1. The molecule has 0 atom stereocenters. The Labute approximate surface area is 240 Å². The largest absolute Gasteiger partial charge is 0.461 e. The van der Waals surface area contributed by atoms with E-state index in [1.54, 1.807) is 31.4 Å². The number of hydrogen-bond donors (Lipinski definition) is 3. The lowest BCUT2D eigenvalue weighted by molar-refractivity contribution is -0.0927. The van der Waals surface area contributed by atoms with Gasteiger partial charge < -0.3 is 35.0 Å². The van der Waals surface area contributed by atoms with Gasteiger partial charge in [-0.25, -0.2) is 4.79 Å². The summed E-state index contributed by atoms with van der Waals surface area (Å²) in [4.78, 5) is 36.5. The van der Waals surface area contributed by atoms with Gasteiger partial charge in [-0.3, -0.25) is 9.36 Å². The van der Waals surface area contributed by atoms with E-state index >= 15 is 0 Å². The van der Waals surface area contributed by atoms with Crippen molar-refractivity contribution in [3.8, 4) is 6.01 Å². The molecule has 0 radical (unpaired) electrons. The van der Waals surface area contributed by atoms with Gasteiger partial charge in [0.25, 0.3) is 5.91 Å². The fourth-order valence-electron chi connectivity index (χ4n) is 4.32. The monoisotopic (exact) mass is 572 g/mol. The molecule has 0 saturated heterocycles. The highest BCUT2D eigenvalue weighted by molar-refractivity contribution is 5.94. The minimum absolute atomic E-state index is 0.0596. The molecule has 0 saturated carbocycles. The summed E-state index contributed by atoms with van der Waals surface area (Å²) < 4.78 is 23.9. The molecule has 0 spiro atoms. The number of nitrogens with two attached hydrogens (primary N) is 1. The summed E-state index contributed by atoms with van der Waals surface area (Å²) in [7, 11) is 1.56. The fraction of sp³-hybridized carbons (Fsp3) is 0.586. The van der Waals surface area contributed by atoms with Gasteiger partial charge in [0.2, 0.25) is 0 Å². The molecule has 226 valence electrons. The van der Waals surface area contributed by atoms with Crippen LogP contribution in [0.1, 0.15) is 70.3 Å². The van der Waals surface area contributed by atoms with Gasteiger partial charge in [0, 0.05) is 19.2 Å². The predicted octanol–water partition coefficient (Wildman–Crippen LogP) is 3.28. The van der Waals surface area contributed by atoms with Crippen LogP contribution in [0, 0.1) is 0 Å². The maximum Gasteiger partial charge on any atom is 0.328 e. The molecule has 4 N–H and O–H groups in total. The van der Waals surface area contributed by atoms with Crippen LogP contribution in [0.4, 0.5) is 5.82 Å². The van der Waals surface area contributed by atoms with Crippen LogP contribution in [0.5, 0.6) is 6.01 Å². The van der Waals surface area contributed by atoms with Crippen molar-refractivity contribution < 1.29 is 23.7 Å². The molecular formula is C29H44N6O6. The van der Waals surface area contributed by atoms with Crippen molar-refractivity contribution in [1.29, 1.82) is 0 Å². The van der Waals surface area contributed by atoms with E-state index in [1.807, 2.05) is 27.7 Å². The Morgan fingerprint density at radius 3 is 2.41 bits per heavy atom. The van der Waals surface area contributed by atoms with Crippen molar-refractivity contribution >= 4 is 22.9 Å². The number of imidazole rings is 1. The Bertz CT molecular complexity index is 1350. The van der Waals surface area contributed by atoms with Crippen molar-refractivity contribution in [1.82, 2.24) is 24.8 Å². The van der Waals surface area contributed by atoms with E-state index in [1.165, 1.54) is 4.57 Å². The van der Waals surface area contributed by atoms with Crippen molar-refractivity contribution in [3.63, 3.8) is 0 Å². The molecule has 3 rings (SSSR count). The zero-order chi connectivity index (χ0) is 30.2. The molecule has 41 heavy (non-hydrogen) atoms. The van der Waals surface area contributed by atoms with Gasteiger partial charge in [-0.2, -0.15) is 9.97 Å². The minimum Gasteiger partial charge on any atom is -0.461 e. The lowest BCUT2D eigenvalue weighted by Crippen LogP contribution is -2.35. The molecular weight excluding hydrogens is 528 g/mol. The molecule has 0 fully saturated rings. The lowest BCUT2D eigenvalue weighted by Gasteiger charge is -2.31. The Kier molecular flexibility index (Phi) is 10.9. The number of ether oxygens (including phenoxy) is 4. The average molecular weight is 573 g/mol. The number of nitrogens with zero attached hydrogens (tertiary/aromatic N) is 3. The van der Waals surface area contributed by atoms with Crippen LogP contribution in [0.2, 0.25) is 0 Å². The molecule has 1 amide bonds. The van der Waals surface area contributed by atoms with Gasteiger partial charge >= 0.3 is 11.7 Å². The maximum absolute atomic E-state index is 12.7. The number of hydrogen-bond acceptors (Lipinski definition) is 9. The van der Waals surface area contributed by atoms with Crippen LogP contribution in [0.25, 0.3) is 11.2 Å². The molecule has 2 heterocycles. The second kappa shape index (κ2) is 13.9. The van der Waals surface area contributed by atoms with Crippen molar-refractivity contribution in [2.75, 3.05) is 39.2 Å². The second-order valence-electron chi connectivity index (χ2n) is 11.4. The predicted molar refractivity (Wildman–Crippen MR) is 157 cm³/mol. The van der Waals surface area contributed by atoms with Crippen molar-refractivity contribution in [2.24, 2.45) is 0 Å². The van der Waals surface area contributed by atoms with Crippen molar-refractivity contribution in [2.45, 2.75) is 78.2 Å². The summed E-state index contributed by atoms with van der Waals surface area (Å²) >= 11 is 0. The number of nitrogen functional groups attached to an aromatic ring is 1. The van der Waals surface area contributed by atoms with E-state index in [0.717, 1.165) is 12.0 Å². The highest BCUT2D eigenvalue weighted by Crippen LogP contribution is 2.21. The van der Waals surface area contributed by atoms with E-state index in [9.17, 15) is 9.59 Å². The first-order valence-electron chi connectivity index (χ1n) is 13.9. The molecule has 0 unspecified atom stereocenters. The van der Waals surface area contributed by atoms with Gasteiger partial charge in [0.1, 0.15) is 12.1 Å². The van der Waals surface area contributed by atoms with Crippen LogP contribution in [-0.4, -0.2) is 76.2 Å². The van der Waals surface area contributed by atoms with Crippen LogP contribution >= 0.6 is 0 Å². The minimum atomic E-state index is -0.390. The van der Waals surface area contributed by atoms with Crippen LogP contribution in [-0.2, 0) is 20.8 Å². The number of carbonyl (C=O) groups is 1. The highest BCUT2D eigenvalue weighted by atomic mass is 16.5. The molecule has 2 aromatic heterocycles. The highest BCUT2D eigenvalue weighted by Gasteiger charge is 2.24. The first kappa shape index (κ1) is 32.0. The zero-order valence-electron chi connectivity index (χ0n) is 25.2.